The highest BCUT2D eigenvalue weighted by Gasteiger charge is 2.15. The van der Waals surface area contributed by atoms with Crippen molar-refractivity contribution in [3.63, 3.8) is 0 Å². The topological polar surface area (TPSA) is 97.1 Å². The predicted molar refractivity (Wildman–Crippen MR) is 110 cm³/mol. The third-order valence-corrected chi connectivity index (χ3v) is 5.31. The molecule has 0 aliphatic carbocycles. The minimum absolute atomic E-state index is 0.122. The van der Waals surface area contributed by atoms with Gasteiger partial charge in [0.1, 0.15) is 5.69 Å². The molecule has 0 atom stereocenters. The van der Waals surface area contributed by atoms with E-state index in [0.717, 1.165) is 16.9 Å². The molecule has 9 heteroatoms. The Morgan fingerprint density at radius 2 is 1.82 bits per heavy atom. The molecular formula is C19H14N4O3S2. The van der Waals surface area contributed by atoms with Gasteiger partial charge in [0.05, 0.1) is 12.0 Å². The van der Waals surface area contributed by atoms with Gasteiger partial charge in [-0.15, -0.1) is 22.7 Å². The molecule has 0 fully saturated rings. The molecule has 0 saturated heterocycles. The molecule has 0 spiro atoms. The van der Waals surface area contributed by atoms with E-state index < -0.39 is 0 Å². The van der Waals surface area contributed by atoms with Gasteiger partial charge in [-0.25, -0.2) is 9.97 Å². The molecule has 0 bridgehead atoms. The smallest absolute Gasteiger partial charge is 0.276 e. The molecule has 0 radical (unpaired) electrons. The number of benzene rings is 1. The Bertz CT molecular complexity index is 1110. The molecule has 28 heavy (non-hydrogen) atoms. The van der Waals surface area contributed by atoms with Crippen LogP contribution in [0.25, 0.3) is 22.0 Å². The monoisotopic (exact) mass is 410 g/mol. The normalized spacial score (nSPS) is 10.6. The first-order valence-electron chi connectivity index (χ1n) is 8.23. The SMILES string of the molecule is CC(=O)Nc1ccc(-c2csc(NC(=O)c3csc(-c4ccco4)n3)n2)cc1. The van der Waals surface area contributed by atoms with E-state index in [9.17, 15) is 9.59 Å². The number of carbonyl (C=O) groups excluding carboxylic acids is 2. The fourth-order valence-corrected chi connectivity index (χ4v) is 3.93. The molecule has 4 aromatic rings. The molecule has 2 N–H and O–H groups in total. The molecule has 7 nitrogen and oxygen atoms in total. The molecule has 0 aliphatic rings. The van der Waals surface area contributed by atoms with E-state index in [-0.39, 0.29) is 11.8 Å². The zero-order chi connectivity index (χ0) is 19.5. The zero-order valence-corrected chi connectivity index (χ0v) is 16.3. The van der Waals surface area contributed by atoms with Crippen molar-refractivity contribution < 1.29 is 14.0 Å². The maximum Gasteiger partial charge on any atom is 0.276 e. The average molecular weight is 410 g/mol. The Hall–Kier alpha value is -3.30. The fourth-order valence-electron chi connectivity index (χ4n) is 2.44. The fraction of sp³-hybridized carbons (Fsp3) is 0.0526. The lowest BCUT2D eigenvalue weighted by Gasteiger charge is -2.02. The van der Waals surface area contributed by atoms with Gasteiger partial charge >= 0.3 is 0 Å². The summed E-state index contributed by atoms with van der Waals surface area (Å²) >= 11 is 2.67. The Kier molecular flexibility index (Phi) is 5.00. The van der Waals surface area contributed by atoms with Crippen LogP contribution in [0.15, 0.2) is 57.8 Å². The first-order chi connectivity index (χ1) is 13.6. The van der Waals surface area contributed by atoms with Gasteiger partial charge < -0.3 is 9.73 Å². The lowest BCUT2D eigenvalue weighted by atomic mass is 10.1. The average Bonchev–Trinajstić information content (AvgIpc) is 3.43. The van der Waals surface area contributed by atoms with Gasteiger partial charge in [0.25, 0.3) is 5.91 Å². The number of hydrogen-bond acceptors (Lipinski definition) is 7. The molecule has 0 unspecified atom stereocenters. The largest absolute Gasteiger partial charge is 0.462 e. The van der Waals surface area contributed by atoms with Crippen LogP contribution in [0, 0.1) is 0 Å². The quantitative estimate of drug-likeness (QED) is 0.495. The van der Waals surface area contributed by atoms with Crippen LogP contribution in [-0.2, 0) is 4.79 Å². The van der Waals surface area contributed by atoms with E-state index in [4.69, 9.17) is 4.42 Å². The maximum atomic E-state index is 12.4. The third kappa shape index (κ3) is 4.00. The van der Waals surface area contributed by atoms with Gasteiger partial charge in [0.15, 0.2) is 15.9 Å². The van der Waals surface area contributed by atoms with Gasteiger partial charge in [0, 0.05) is 28.9 Å². The molecule has 0 saturated carbocycles. The highest BCUT2D eigenvalue weighted by Crippen LogP contribution is 2.27. The Morgan fingerprint density at radius 3 is 2.54 bits per heavy atom. The van der Waals surface area contributed by atoms with Gasteiger partial charge in [-0.05, 0) is 24.3 Å². The van der Waals surface area contributed by atoms with Crippen LogP contribution in [0.2, 0.25) is 0 Å². The van der Waals surface area contributed by atoms with E-state index >= 15 is 0 Å². The van der Waals surface area contributed by atoms with E-state index in [1.54, 1.807) is 35.9 Å². The second-order valence-corrected chi connectivity index (χ2v) is 7.48. The molecule has 2 amide bonds. The minimum Gasteiger partial charge on any atom is -0.462 e. The summed E-state index contributed by atoms with van der Waals surface area (Å²) in [7, 11) is 0. The number of nitrogens with one attached hydrogen (secondary N) is 2. The van der Waals surface area contributed by atoms with Crippen molar-refractivity contribution in [2.45, 2.75) is 6.92 Å². The molecular weight excluding hydrogens is 396 g/mol. The highest BCUT2D eigenvalue weighted by atomic mass is 32.1. The Balaban J connectivity index is 1.44. The summed E-state index contributed by atoms with van der Waals surface area (Å²) in [6.07, 6.45) is 1.57. The van der Waals surface area contributed by atoms with Crippen LogP contribution in [-0.4, -0.2) is 21.8 Å². The molecule has 0 aliphatic heterocycles. The number of aromatic nitrogens is 2. The van der Waals surface area contributed by atoms with Crippen molar-refractivity contribution in [1.82, 2.24) is 9.97 Å². The zero-order valence-electron chi connectivity index (χ0n) is 14.6. The summed E-state index contributed by atoms with van der Waals surface area (Å²) in [5.41, 5.74) is 2.66. The number of thiazole rings is 2. The standard InChI is InChI=1S/C19H14N4O3S2/c1-11(24)20-13-6-4-12(5-7-13)14-9-28-19(22-14)23-17(25)15-10-27-18(21-15)16-3-2-8-26-16/h2-10H,1H3,(H,20,24)(H,22,23,25). The van der Waals surface area contributed by atoms with E-state index in [0.29, 0.717) is 21.6 Å². The van der Waals surface area contributed by atoms with Crippen LogP contribution in [0.4, 0.5) is 10.8 Å². The number of rotatable bonds is 5. The van der Waals surface area contributed by atoms with Crippen LogP contribution < -0.4 is 10.6 Å². The van der Waals surface area contributed by atoms with Crippen LogP contribution in [0.5, 0.6) is 0 Å². The lowest BCUT2D eigenvalue weighted by Crippen LogP contribution is -2.12. The van der Waals surface area contributed by atoms with Crippen molar-refractivity contribution in [3.8, 4) is 22.0 Å². The number of hydrogen-bond donors (Lipinski definition) is 2. The van der Waals surface area contributed by atoms with Crippen LogP contribution in [0.3, 0.4) is 0 Å². The van der Waals surface area contributed by atoms with Gasteiger partial charge in [-0.1, -0.05) is 12.1 Å². The maximum absolute atomic E-state index is 12.4. The molecule has 140 valence electrons. The van der Waals surface area contributed by atoms with E-state index in [1.807, 2.05) is 17.5 Å². The van der Waals surface area contributed by atoms with Crippen LogP contribution >= 0.6 is 22.7 Å². The summed E-state index contributed by atoms with van der Waals surface area (Å²) in [4.78, 5) is 32.3. The van der Waals surface area contributed by atoms with Crippen molar-refractivity contribution in [1.29, 1.82) is 0 Å². The van der Waals surface area contributed by atoms with Gasteiger partial charge in [-0.3, -0.25) is 14.9 Å². The lowest BCUT2D eigenvalue weighted by molar-refractivity contribution is -0.114. The number of amides is 2. The Morgan fingerprint density at radius 1 is 1.00 bits per heavy atom. The number of anilines is 2. The molecule has 3 aromatic heterocycles. The summed E-state index contributed by atoms with van der Waals surface area (Å²) < 4.78 is 5.30. The molecule has 4 rings (SSSR count). The number of nitrogens with zero attached hydrogens (tertiary/aromatic N) is 2. The summed E-state index contributed by atoms with van der Waals surface area (Å²) in [5.74, 6) is 0.183. The second-order valence-electron chi connectivity index (χ2n) is 5.77. The predicted octanol–water partition coefficient (Wildman–Crippen LogP) is 4.74. The number of carbonyl (C=O) groups is 2. The Labute approximate surface area is 168 Å². The van der Waals surface area contributed by atoms with Gasteiger partial charge in [0.2, 0.25) is 5.91 Å². The third-order valence-electron chi connectivity index (χ3n) is 3.69. The summed E-state index contributed by atoms with van der Waals surface area (Å²) in [6.45, 7) is 1.46. The van der Waals surface area contributed by atoms with E-state index in [2.05, 4.69) is 20.6 Å². The van der Waals surface area contributed by atoms with Crippen molar-refractivity contribution >= 4 is 45.3 Å². The van der Waals surface area contributed by atoms with Gasteiger partial charge in [-0.2, -0.15) is 0 Å². The number of furan rings is 1. The first-order valence-corrected chi connectivity index (χ1v) is 9.99. The van der Waals surface area contributed by atoms with E-state index in [1.165, 1.54) is 29.6 Å². The molecule has 3 heterocycles. The highest BCUT2D eigenvalue weighted by molar-refractivity contribution is 7.14. The summed E-state index contributed by atoms with van der Waals surface area (Å²) in [5, 5.41) is 10.2. The van der Waals surface area contributed by atoms with Crippen LogP contribution in [0.1, 0.15) is 17.4 Å². The first kappa shape index (κ1) is 18.1. The van der Waals surface area contributed by atoms with Crippen molar-refractivity contribution in [3.05, 3.63) is 59.1 Å². The minimum atomic E-state index is -0.323. The summed E-state index contributed by atoms with van der Waals surface area (Å²) in [6, 6.07) is 10.9. The molecule has 1 aromatic carbocycles. The van der Waals surface area contributed by atoms with Crippen molar-refractivity contribution in [2.24, 2.45) is 0 Å². The van der Waals surface area contributed by atoms with Crippen molar-refractivity contribution in [2.75, 3.05) is 10.6 Å². The second kappa shape index (κ2) is 7.75.